The first-order valence-electron chi connectivity index (χ1n) is 5.91. The van der Waals surface area contributed by atoms with Gasteiger partial charge in [0.15, 0.2) is 0 Å². The first-order valence-corrected chi connectivity index (χ1v) is 7.14. The van der Waals surface area contributed by atoms with Crippen LogP contribution in [0.5, 0.6) is 5.75 Å². The van der Waals surface area contributed by atoms with Gasteiger partial charge in [-0.15, -0.1) is 0 Å². The molecule has 0 radical (unpaired) electrons. The summed E-state index contributed by atoms with van der Waals surface area (Å²) in [7, 11) is 0. The van der Waals surface area contributed by atoms with Crippen LogP contribution < -0.4 is 4.74 Å². The predicted molar refractivity (Wildman–Crippen MR) is 75.4 cm³/mol. The molecule has 0 aliphatic heterocycles. The zero-order valence-corrected chi connectivity index (χ0v) is 12.4. The number of hydrogen-bond acceptors (Lipinski definition) is 4. The van der Waals surface area contributed by atoms with Gasteiger partial charge in [-0.05, 0) is 74.5 Å². The van der Waals surface area contributed by atoms with Gasteiger partial charge in [-0.1, -0.05) is 0 Å². The maximum absolute atomic E-state index is 11.1. The minimum Gasteiger partial charge on any atom is -0.490 e. The summed E-state index contributed by atoms with van der Waals surface area (Å²) in [5.41, 5.74) is 3.13. The number of hydrogen-bond donors (Lipinski definition) is 0. The number of aryl methyl sites for hydroxylation is 2. The molecular formula is C14H20O3S. The van der Waals surface area contributed by atoms with Gasteiger partial charge in [0.2, 0.25) is 0 Å². The van der Waals surface area contributed by atoms with Crippen molar-refractivity contribution in [1.82, 2.24) is 0 Å². The minimum atomic E-state index is -0.257. The molecule has 0 amide bonds. The van der Waals surface area contributed by atoms with Gasteiger partial charge in [-0.2, -0.15) is 0 Å². The van der Waals surface area contributed by atoms with Crippen LogP contribution in [-0.4, -0.2) is 17.7 Å². The largest absolute Gasteiger partial charge is 0.490 e. The number of carbonyl (C=O) groups is 1. The smallest absolute Gasteiger partial charge is 0.367 e. The monoisotopic (exact) mass is 268 g/mol. The summed E-state index contributed by atoms with van der Waals surface area (Å²) in [4.78, 5) is 11.1. The van der Waals surface area contributed by atoms with Gasteiger partial charge in [0.1, 0.15) is 12.4 Å². The quantitative estimate of drug-likeness (QED) is 0.770. The summed E-state index contributed by atoms with van der Waals surface area (Å²) in [6, 6.07) is 4.00. The average molecular weight is 268 g/mol. The van der Waals surface area contributed by atoms with Gasteiger partial charge in [0.05, 0.1) is 6.10 Å². The molecule has 0 spiro atoms. The third kappa shape index (κ3) is 4.26. The second-order valence-electron chi connectivity index (χ2n) is 4.47. The molecule has 100 valence electrons. The molecule has 0 saturated carbocycles. The molecule has 1 aromatic rings. The van der Waals surface area contributed by atoms with E-state index in [2.05, 4.69) is 0 Å². The van der Waals surface area contributed by atoms with Crippen LogP contribution in [0.1, 0.15) is 30.5 Å². The third-order valence-electron chi connectivity index (χ3n) is 2.40. The second-order valence-corrected chi connectivity index (χ2v) is 5.21. The third-order valence-corrected chi connectivity index (χ3v) is 2.85. The van der Waals surface area contributed by atoms with Gasteiger partial charge in [0.25, 0.3) is 0 Å². The van der Waals surface area contributed by atoms with Crippen LogP contribution in [0, 0.1) is 13.8 Å². The van der Waals surface area contributed by atoms with Crippen LogP contribution in [0.25, 0.3) is 0 Å². The molecule has 0 unspecified atom stereocenters. The molecule has 0 heterocycles. The Labute approximate surface area is 113 Å². The molecule has 3 nitrogen and oxygen atoms in total. The summed E-state index contributed by atoms with van der Waals surface area (Å²) in [5, 5.41) is -0.257. The summed E-state index contributed by atoms with van der Waals surface area (Å²) < 4.78 is 10.9. The molecule has 1 rings (SSSR count). The molecule has 1 aromatic carbocycles. The molecule has 0 aliphatic carbocycles. The Balaban J connectivity index is 2.82. The maximum Gasteiger partial charge on any atom is 0.367 e. The first-order chi connectivity index (χ1) is 8.43. The van der Waals surface area contributed by atoms with Gasteiger partial charge in [-0.3, -0.25) is 0 Å². The number of carbonyl (C=O) groups excluding carboxylic acids is 1. The highest BCUT2D eigenvalue weighted by molar-refractivity contribution is 8.12. The normalized spacial score (nSPS) is 10.6. The standard InChI is InChI=1S/C14H20O3S/c1-9(2)17-13-10(3)6-12(7-11(13)4)8-16-14(15)18-5/h6-7,9H,8H2,1-5H3. The number of thioether (sulfide) groups is 1. The Morgan fingerprint density at radius 1 is 1.28 bits per heavy atom. The minimum absolute atomic E-state index is 0.155. The lowest BCUT2D eigenvalue weighted by atomic mass is 10.1. The predicted octanol–water partition coefficient (Wildman–Crippen LogP) is 4.09. The van der Waals surface area contributed by atoms with Crippen LogP contribution in [-0.2, 0) is 11.3 Å². The molecule has 0 atom stereocenters. The Kier molecular flexibility index (Phi) is 5.54. The lowest BCUT2D eigenvalue weighted by Crippen LogP contribution is -2.08. The van der Waals surface area contributed by atoms with Crippen molar-refractivity contribution in [2.45, 2.75) is 40.4 Å². The summed E-state index contributed by atoms with van der Waals surface area (Å²) in [6.45, 7) is 8.33. The molecule has 4 heteroatoms. The highest BCUT2D eigenvalue weighted by Crippen LogP contribution is 2.26. The fourth-order valence-electron chi connectivity index (χ4n) is 1.75. The molecule has 0 fully saturated rings. The zero-order chi connectivity index (χ0) is 13.7. The lowest BCUT2D eigenvalue weighted by molar-refractivity contribution is 0.168. The number of benzene rings is 1. The molecule has 0 aromatic heterocycles. The van der Waals surface area contributed by atoms with Crippen LogP contribution in [0.2, 0.25) is 0 Å². The van der Waals surface area contributed by atoms with E-state index in [0.717, 1.165) is 34.2 Å². The number of ether oxygens (including phenoxy) is 2. The zero-order valence-electron chi connectivity index (χ0n) is 11.6. The Bertz CT molecular complexity index is 404. The van der Waals surface area contributed by atoms with E-state index in [-0.39, 0.29) is 11.4 Å². The topological polar surface area (TPSA) is 35.5 Å². The maximum atomic E-state index is 11.1. The molecule has 0 aliphatic rings. The molecule has 0 saturated heterocycles. The van der Waals surface area contributed by atoms with Crippen molar-refractivity contribution >= 4 is 17.1 Å². The van der Waals surface area contributed by atoms with E-state index in [4.69, 9.17) is 9.47 Å². The van der Waals surface area contributed by atoms with Gasteiger partial charge < -0.3 is 9.47 Å². The molecular weight excluding hydrogens is 248 g/mol. The van der Waals surface area contributed by atoms with Crippen molar-refractivity contribution in [2.24, 2.45) is 0 Å². The summed E-state index contributed by atoms with van der Waals surface area (Å²) in [6.07, 6.45) is 1.86. The van der Waals surface area contributed by atoms with Crippen LogP contribution in [0.4, 0.5) is 4.79 Å². The Morgan fingerprint density at radius 3 is 2.28 bits per heavy atom. The van der Waals surface area contributed by atoms with Gasteiger partial charge in [-0.25, -0.2) is 4.79 Å². The van der Waals surface area contributed by atoms with Gasteiger partial charge >= 0.3 is 5.30 Å². The van der Waals surface area contributed by atoms with E-state index < -0.39 is 0 Å². The van der Waals surface area contributed by atoms with E-state index in [0.29, 0.717) is 6.61 Å². The fraction of sp³-hybridized carbons (Fsp3) is 0.500. The summed E-state index contributed by atoms with van der Waals surface area (Å²) >= 11 is 1.08. The van der Waals surface area contributed by atoms with E-state index in [1.807, 2.05) is 39.8 Å². The molecule has 0 N–H and O–H groups in total. The van der Waals surface area contributed by atoms with Crippen molar-refractivity contribution in [3.63, 3.8) is 0 Å². The molecule has 0 bridgehead atoms. The number of rotatable bonds is 4. The SMILES string of the molecule is CSC(=O)OCc1cc(C)c(OC(C)C)c(C)c1. The van der Waals surface area contributed by atoms with Crippen molar-refractivity contribution in [3.8, 4) is 5.75 Å². The van der Waals surface area contributed by atoms with Crippen molar-refractivity contribution in [1.29, 1.82) is 0 Å². The fourth-order valence-corrected chi connectivity index (χ4v) is 1.92. The van der Waals surface area contributed by atoms with Crippen molar-refractivity contribution < 1.29 is 14.3 Å². The van der Waals surface area contributed by atoms with E-state index in [9.17, 15) is 4.79 Å². The Morgan fingerprint density at radius 2 is 1.83 bits per heavy atom. The highest BCUT2D eigenvalue weighted by Gasteiger charge is 2.09. The second kappa shape index (κ2) is 6.69. The highest BCUT2D eigenvalue weighted by atomic mass is 32.2. The average Bonchev–Trinajstić information content (AvgIpc) is 2.30. The van der Waals surface area contributed by atoms with E-state index in [1.165, 1.54) is 0 Å². The van der Waals surface area contributed by atoms with E-state index in [1.54, 1.807) is 6.26 Å². The van der Waals surface area contributed by atoms with Crippen molar-refractivity contribution in [2.75, 3.05) is 6.26 Å². The van der Waals surface area contributed by atoms with Crippen LogP contribution in [0.3, 0.4) is 0 Å². The molecule has 18 heavy (non-hydrogen) atoms. The van der Waals surface area contributed by atoms with E-state index >= 15 is 0 Å². The summed E-state index contributed by atoms with van der Waals surface area (Å²) in [5.74, 6) is 0.921. The van der Waals surface area contributed by atoms with Crippen molar-refractivity contribution in [3.05, 3.63) is 28.8 Å². The Hall–Kier alpha value is -1.16. The lowest BCUT2D eigenvalue weighted by Gasteiger charge is -2.16. The van der Waals surface area contributed by atoms with Crippen LogP contribution in [0.15, 0.2) is 12.1 Å². The van der Waals surface area contributed by atoms with Crippen LogP contribution >= 0.6 is 11.8 Å². The van der Waals surface area contributed by atoms with Gasteiger partial charge in [0, 0.05) is 0 Å². The first kappa shape index (κ1) is 14.9.